The van der Waals surface area contributed by atoms with Crippen molar-refractivity contribution in [3.8, 4) is 11.5 Å². The van der Waals surface area contributed by atoms with Crippen LogP contribution in [0.2, 0.25) is 0 Å². The van der Waals surface area contributed by atoms with Gasteiger partial charge in [0.1, 0.15) is 11.5 Å². The number of ketones is 1. The molecule has 4 nitrogen and oxygen atoms in total. The van der Waals surface area contributed by atoms with Crippen LogP contribution < -0.4 is 9.47 Å². The summed E-state index contributed by atoms with van der Waals surface area (Å²) in [7, 11) is 2.05. The summed E-state index contributed by atoms with van der Waals surface area (Å²) in [6.07, 6.45) is 13.6. The van der Waals surface area contributed by atoms with Crippen LogP contribution in [0.5, 0.6) is 11.5 Å². The Morgan fingerprint density at radius 3 is 1.47 bits per heavy atom. The molecule has 0 amide bonds. The number of nitrogens with zero attached hydrogens (tertiary/aromatic N) is 1. The van der Waals surface area contributed by atoms with Crippen LogP contribution in [0.1, 0.15) is 76.3 Å². The lowest BCUT2D eigenvalue weighted by molar-refractivity contribution is -0.113. The van der Waals surface area contributed by atoms with E-state index in [2.05, 4.69) is 25.8 Å². The Morgan fingerprint density at radius 1 is 0.667 bits per heavy atom. The van der Waals surface area contributed by atoms with Gasteiger partial charge in [-0.3, -0.25) is 9.69 Å². The lowest BCUT2D eigenvalue weighted by Gasteiger charge is -2.26. The third-order valence-corrected chi connectivity index (χ3v) is 6.44. The average molecular weight is 490 g/mol. The molecule has 0 N–H and O–H groups in total. The highest BCUT2D eigenvalue weighted by molar-refractivity contribution is 6.14. The number of carbonyl (C=O) groups is 1. The molecule has 0 radical (unpaired) electrons. The number of piperidine rings is 1. The van der Waals surface area contributed by atoms with Gasteiger partial charge in [-0.2, -0.15) is 0 Å². The van der Waals surface area contributed by atoms with E-state index in [1.807, 2.05) is 60.7 Å². The largest absolute Gasteiger partial charge is 0.494 e. The lowest BCUT2D eigenvalue weighted by Crippen LogP contribution is -2.34. The molecule has 1 fully saturated rings. The molecular formula is C32H43NO3. The molecule has 194 valence electrons. The van der Waals surface area contributed by atoms with Gasteiger partial charge in [0, 0.05) is 24.2 Å². The van der Waals surface area contributed by atoms with E-state index in [1.54, 1.807) is 0 Å². The van der Waals surface area contributed by atoms with E-state index < -0.39 is 0 Å². The summed E-state index contributed by atoms with van der Waals surface area (Å²) in [5, 5.41) is 0. The SMILES string of the molecule is CCCCCCOc1ccc(/C=C2\CN(C)C/C(=C\c3ccc(OCCCCCC)cc3)C2=O)cc1. The zero-order valence-electron chi connectivity index (χ0n) is 22.4. The van der Waals surface area contributed by atoms with E-state index >= 15 is 0 Å². The molecule has 0 unspecified atom stereocenters. The highest BCUT2D eigenvalue weighted by Gasteiger charge is 2.23. The Labute approximate surface area is 218 Å². The molecule has 0 bridgehead atoms. The van der Waals surface area contributed by atoms with Crippen LogP contribution in [-0.4, -0.2) is 44.0 Å². The number of likely N-dealkylation sites (tertiary alicyclic amines) is 1. The number of ether oxygens (including phenoxy) is 2. The molecule has 1 aliphatic heterocycles. The highest BCUT2D eigenvalue weighted by Crippen LogP contribution is 2.23. The Balaban J connectivity index is 1.59. The molecule has 1 heterocycles. The van der Waals surface area contributed by atoms with Crippen molar-refractivity contribution in [1.82, 2.24) is 4.90 Å². The molecule has 0 saturated carbocycles. The summed E-state index contributed by atoms with van der Waals surface area (Å²) in [6, 6.07) is 16.1. The Morgan fingerprint density at radius 2 is 1.08 bits per heavy atom. The average Bonchev–Trinajstić information content (AvgIpc) is 2.88. The highest BCUT2D eigenvalue weighted by atomic mass is 16.5. The fourth-order valence-electron chi connectivity index (χ4n) is 4.37. The van der Waals surface area contributed by atoms with E-state index in [0.717, 1.165) is 59.8 Å². The van der Waals surface area contributed by atoms with E-state index in [0.29, 0.717) is 13.1 Å². The fraction of sp³-hybridized carbons (Fsp3) is 0.469. The van der Waals surface area contributed by atoms with Crippen LogP contribution in [0.25, 0.3) is 12.2 Å². The molecule has 2 aromatic carbocycles. The number of benzene rings is 2. The maximum absolute atomic E-state index is 13.3. The van der Waals surface area contributed by atoms with Crippen molar-refractivity contribution in [1.29, 1.82) is 0 Å². The zero-order chi connectivity index (χ0) is 25.6. The fourth-order valence-corrected chi connectivity index (χ4v) is 4.37. The maximum Gasteiger partial charge on any atom is 0.187 e. The quantitative estimate of drug-likeness (QED) is 0.202. The van der Waals surface area contributed by atoms with Gasteiger partial charge in [-0.25, -0.2) is 0 Å². The van der Waals surface area contributed by atoms with Gasteiger partial charge in [-0.05, 0) is 67.4 Å². The Hall–Kier alpha value is -2.85. The summed E-state index contributed by atoms with van der Waals surface area (Å²) >= 11 is 0. The van der Waals surface area contributed by atoms with Crippen LogP contribution in [0.4, 0.5) is 0 Å². The van der Waals surface area contributed by atoms with Crippen LogP contribution in [-0.2, 0) is 4.79 Å². The molecule has 4 heteroatoms. The topological polar surface area (TPSA) is 38.8 Å². The van der Waals surface area contributed by atoms with Crippen molar-refractivity contribution < 1.29 is 14.3 Å². The van der Waals surface area contributed by atoms with Crippen molar-refractivity contribution in [2.45, 2.75) is 65.2 Å². The van der Waals surface area contributed by atoms with Gasteiger partial charge < -0.3 is 9.47 Å². The number of unbranched alkanes of at least 4 members (excludes halogenated alkanes) is 6. The summed E-state index contributed by atoms with van der Waals surface area (Å²) in [5.74, 6) is 1.89. The van der Waals surface area contributed by atoms with E-state index in [-0.39, 0.29) is 5.78 Å². The van der Waals surface area contributed by atoms with Gasteiger partial charge in [0.25, 0.3) is 0 Å². The second-order valence-corrected chi connectivity index (χ2v) is 9.80. The predicted octanol–water partition coefficient (Wildman–Crippen LogP) is 7.59. The molecule has 36 heavy (non-hydrogen) atoms. The predicted molar refractivity (Wildman–Crippen MR) is 151 cm³/mol. The monoisotopic (exact) mass is 489 g/mol. The van der Waals surface area contributed by atoms with Crippen LogP contribution in [0, 0.1) is 0 Å². The van der Waals surface area contributed by atoms with Gasteiger partial charge in [0.2, 0.25) is 0 Å². The minimum Gasteiger partial charge on any atom is -0.494 e. The van der Waals surface area contributed by atoms with E-state index in [1.165, 1.54) is 38.5 Å². The number of hydrogen-bond donors (Lipinski definition) is 0. The first kappa shape index (κ1) is 27.7. The van der Waals surface area contributed by atoms with Gasteiger partial charge in [-0.15, -0.1) is 0 Å². The number of likely N-dealkylation sites (N-methyl/N-ethyl adjacent to an activating group) is 1. The molecule has 0 spiro atoms. The van der Waals surface area contributed by atoms with Crippen molar-refractivity contribution in [2.24, 2.45) is 0 Å². The van der Waals surface area contributed by atoms with Gasteiger partial charge >= 0.3 is 0 Å². The summed E-state index contributed by atoms with van der Waals surface area (Å²) in [5.41, 5.74) is 3.67. The summed E-state index contributed by atoms with van der Waals surface area (Å²) in [6.45, 7) is 7.23. The molecular weight excluding hydrogens is 446 g/mol. The van der Waals surface area contributed by atoms with Crippen molar-refractivity contribution >= 4 is 17.9 Å². The molecule has 2 aromatic rings. The van der Waals surface area contributed by atoms with Crippen LogP contribution >= 0.6 is 0 Å². The first-order chi connectivity index (χ1) is 17.6. The summed E-state index contributed by atoms with van der Waals surface area (Å²) < 4.78 is 11.7. The van der Waals surface area contributed by atoms with Crippen LogP contribution in [0.15, 0.2) is 59.7 Å². The molecule has 1 saturated heterocycles. The van der Waals surface area contributed by atoms with Crippen LogP contribution in [0.3, 0.4) is 0 Å². The van der Waals surface area contributed by atoms with E-state index in [9.17, 15) is 4.79 Å². The first-order valence-electron chi connectivity index (χ1n) is 13.7. The normalized spacial score (nSPS) is 16.6. The number of carbonyl (C=O) groups excluding carboxylic acids is 1. The lowest BCUT2D eigenvalue weighted by atomic mass is 9.94. The van der Waals surface area contributed by atoms with Crippen molar-refractivity contribution in [2.75, 3.05) is 33.4 Å². The Bertz CT molecular complexity index is 910. The number of Topliss-reactive ketones (excluding diaryl/α,β-unsaturated/α-hetero) is 1. The third-order valence-electron chi connectivity index (χ3n) is 6.44. The van der Waals surface area contributed by atoms with Crippen molar-refractivity contribution in [3.05, 3.63) is 70.8 Å². The van der Waals surface area contributed by atoms with Gasteiger partial charge in [0.15, 0.2) is 5.78 Å². The summed E-state index contributed by atoms with van der Waals surface area (Å²) in [4.78, 5) is 15.4. The molecule has 0 aromatic heterocycles. The molecule has 0 atom stereocenters. The minimum atomic E-state index is 0.126. The van der Waals surface area contributed by atoms with E-state index in [4.69, 9.17) is 9.47 Å². The number of hydrogen-bond acceptors (Lipinski definition) is 4. The van der Waals surface area contributed by atoms with Gasteiger partial charge in [-0.1, -0.05) is 76.6 Å². The first-order valence-corrected chi connectivity index (χ1v) is 13.7. The Kier molecular flexibility index (Phi) is 11.8. The second kappa shape index (κ2) is 15.3. The third kappa shape index (κ3) is 9.31. The molecule has 3 rings (SSSR count). The number of rotatable bonds is 14. The zero-order valence-corrected chi connectivity index (χ0v) is 22.4. The standard InChI is InChI=1S/C32H43NO3/c1-4-6-8-10-20-35-30-16-12-26(13-17-30)22-28-24-33(3)25-29(32(28)34)23-27-14-18-31(19-15-27)36-21-11-9-7-5-2/h12-19,22-23H,4-11,20-21,24-25H2,1-3H3/b28-22+,29-23+. The molecule has 1 aliphatic rings. The second-order valence-electron chi connectivity index (χ2n) is 9.80. The smallest absolute Gasteiger partial charge is 0.187 e. The minimum absolute atomic E-state index is 0.126. The molecule has 0 aliphatic carbocycles. The van der Waals surface area contributed by atoms with Gasteiger partial charge in [0.05, 0.1) is 13.2 Å². The van der Waals surface area contributed by atoms with Crippen molar-refractivity contribution in [3.63, 3.8) is 0 Å². The maximum atomic E-state index is 13.3.